The Kier molecular flexibility index (Phi) is 8.04. The summed E-state index contributed by atoms with van der Waals surface area (Å²) in [5.74, 6) is 0.846. The first-order valence-corrected chi connectivity index (χ1v) is 7.72. The highest BCUT2D eigenvalue weighted by atomic mass is 16.5. The van der Waals surface area contributed by atoms with Crippen molar-refractivity contribution < 1.29 is 9.53 Å². The maximum Gasteiger partial charge on any atom is 0.307 e. The smallest absolute Gasteiger partial charge is 0.307 e. The molecule has 0 saturated heterocycles. The lowest BCUT2D eigenvalue weighted by atomic mass is 10.00. The summed E-state index contributed by atoms with van der Waals surface area (Å²) in [7, 11) is 1.39. The first kappa shape index (κ1) is 18.0. The average Bonchev–Trinajstić information content (AvgIpc) is 2.52. The molecule has 0 aromatic heterocycles. The van der Waals surface area contributed by atoms with E-state index in [0.717, 1.165) is 12.5 Å². The lowest BCUT2D eigenvalue weighted by Crippen LogP contribution is -2.38. The van der Waals surface area contributed by atoms with Gasteiger partial charge in [-0.2, -0.15) is 0 Å². The molecule has 1 atom stereocenters. The highest BCUT2D eigenvalue weighted by Crippen LogP contribution is 2.16. The van der Waals surface area contributed by atoms with Crippen LogP contribution in [0.1, 0.15) is 37.3 Å². The molecule has 0 aliphatic heterocycles. The van der Waals surface area contributed by atoms with E-state index >= 15 is 0 Å². The van der Waals surface area contributed by atoms with Crippen LogP contribution in [0.15, 0.2) is 29.3 Å². The van der Waals surface area contributed by atoms with E-state index in [2.05, 4.69) is 58.5 Å². The van der Waals surface area contributed by atoms with Crippen LogP contribution in [0.4, 0.5) is 0 Å². The van der Waals surface area contributed by atoms with E-state index in [1.54, 1.807) is 0 Å². The predicted molar refractivity (Wildman–Crippen MR) is 90.2 cm³/mol. The van der Waals surface area contributed by atoms with Gasteiger partial charge in [0.25, 0.3) is 0 Å². The van der Waals surface area contributed by atoms with Gasteiger partial charge >= 0.3 is 5.97 Å². The van der Waals surface area contributed by atoms with Gasteiger partial charge in [-0.15, -0.1) is 0 Å². The normalized spacial score (nSPS) is 12.6. The third-order valence-electron chi connectivity index (χ3n) is 3.33. The van der Waals surface area contributed by atoms with Gasteiger partial charge in [0.05, 0.1) is 13.5 Å². The molecule has 1 unspecified atom stereocenters. The molecule has 0 aliphatic rings. The van der Waals surface area contributed by atoms with Gasteiger partial charge in [-0.3, -0.25) is 9.79 Å². The number of ether oxygens (including phenoxy) is 1. The molecule has 0 heterocycles. The third kappa shape index (κ3) is 6.61. The van der Waals surface area contributed by atoms with Crippen LogP contribution < -0.4 is 10.6 Å². The van der Waals surface area contributed by atoms with Crippen LogP contribution in [0.3, 0.4) is 0 Å². The van der Waals surface area contributed by atoms with Crippen LogP contribution in [0, 0.1) is 6.92 Å². The maximum absolute atomic E-state index is 11.1. The van der Waals surface area contributed by atoms with Crippen LogP contribution in [-0.2, 0) is 9.53 Å². The van der Waals surface area contributed by atoms with Crippen LogP contribution in [0.2, 0.25) is 0 Å². The van der Waals surface area contributed by atoms with Crippen LogP contribution in [-0.4, -0.2) is 38.7 Å². The molecule has 122 valence electrons. The Bertz CT molecular complexity index is 500. The molecule has 2 N–H and O–H groups in total. The minimum Gasteiger partial charge on any atom is -0.469 e. The fourth-order valence-electron chi connectivity index (χ4n) is 2.04. The minimum atomic E-state index is -0.225. The Labute approximate surface area is 133 Å². The number of aliphatic imine (C=N–C) groups is 1. The molecule has 5 nitrogen and oxygen atoms in total. The molecule has 1 aromatic rings. The van der Waals surface area contributed by atoms with E-state index in [1.807, 2.05) is 6.92 Å². The number of hydrogen-bond donors (Lipinski definition) is 2. The highest BCUT2D eigenvalue weighted by molar-refractivity contribution is 5.80. The van der Waals surface area contributed by atoms with Crippen molar-refractivity contribution in [3.8, 4) is 0 Å². The zero-order chi connectivity index (χ0) is 16.4. The molecule has 0 aliphatic carbocycles. The molecule has 0 spiro atoms. The van der Waals surface area contributed by atoms with Gasteiger partial charge in [0, 0.05) is 25.6 Å². The van der Waals surface area contributed by atoms with E-state index in [-0.39, 0.29) is 5.97 Å². The molecule has 22 heavy (non-hydrogen) atoms. The van der Waals surface area contributed by atoms with Crippen molar-refractivity contribution in [3.63, 3.8) is 0 Å². The van der Waals surface area contributed by atoms with E-state index in [9.17, 15) is 4.79 Å². The Morgan fingerprint density at radius 2 is 2.14 bits per heavy atom. The molecule has 0 bridgehead atoms. The zero-order valence-electron chi connectivity index (χ0n) is 14.0. The van der Waals surface area contributed by atoms with E-state index < -0.39 is 0 Å². The summed E-state index contributed by atoms with van der Waals surface area (Å²) in [4.78, 5) is 15.7. The predicted octanol–water partition coefficient (Wildman–Crippen LogP) is 2.22. The molecular weight excluding hydrogens is 278 g/mol. The summed E-state index contributed by atoms with van der Waals surface area (Å²) in [5, 5.41) is 6.32. The summed E-state index contributed by atoms with van der Waals surface area (Å²) >= 11 is 0. The monoisotopic (exact) mass is 305 g/mol. The van der Waals surface area contributed by atoms with Gasteiger partial charge < -0.3 is 15.4 Å². The molecule has 0 radical (unpaired) electrons. The van der Waals surface area contributed by atoms with Gasteiger partial charge in [0.1, 0.15) is 0 Å². The maximum atomic E-state index is 11.1. The van der Waals surface area contributed by atoms with Crippen molar-refractivity contribution in [3.05, 3.63) is 35.4 Å². The SMILES string of the molecule is CCNC(=NCC(C)c1cccc(C)c1)NCCC(=O)OC. The summed E-state index contributed by atoms with van der Waals surface area (Å²) < 4.78 is 4.62. The summed E-state index contributed by atoms with van der Waals surface area (Å²) in [6.07, 6.45) is 0.328. The van der Waals surface area contributed by atoms with Gasteiger partial charge in [0.2, 0.25) is 0 Å². The Balaban J connectivity index is 2.55. The van der Waals surface area contributed by atoms with Crippen molar-refractivity contribution in [1.29, 1.82) is 0 Å². The summed E-state index contributed by atoms with van der Waals surface area (Å²) in [6, 6.07) is 8.49. The molecule has 0 fully saturated rings. The minimum absolute atomic E-state index is 0.225. The Morgan fingerprint density at radius 3 is 2.77 bits per heavy atom. The second-order valence-corrected chi connectivity index (χ2v) is 5.29. The van der Waals surface area contributed by atoms with Crippen molar-refractivity contribution >= 4 is 11.9 Å². The summed E-state index contributed by atoms with van der Waals surface area (Å²) in [5.41, 5.74) is 2.55. The number of rotatable bonds is 7. The number of carbonyl (C=O) groups is 1. The quantitative estimate of drug-likeness (QED) is 0.461. The summed E-state index contributed by atoms with van der Waals surface area (Å²) in [6.45, 7) is 8.26. The van der Waals surface area contributed by atoms with Gasteiger partial charge in [-0.25, -0.2) is 0 Å². The molecular formula is C17H27N3O2. The van der Waals surface area contributed by atoms with E-state index in [4.69, 9.17) is 0 Å². The van der Waals surface area contributed by atoms with Crippen molar-refractivity contribution in [2.75, 3.05) is 26.7 Å². The number of aryl methyl sites for hydroxylation is 1. The fraction of sp³-hybridized carbons (Fsp3) is 0.529. The molecule has 1 rings (SSSR count). The number of benzene rings is 1. The Hall–Kier alpha value is -2.04. The number of nitrogens with one attached hydrogen (secondary N) is 2. The van der Waals surface area contributed by atoms with Crippen LogP contribution in [0.5, 0.6) is 0 Å². The first-order chi connectivity index (χ1) is 10.6. The number of methoxy groups -OCH3 is 1. The van der Waals surface area contributed by atoms with Crippen molar-refractivity contribution in [2.45, 2.75) is 33.1 Å². The molecule has 0 amide bonds. The number of carbonyl (C=O) groups excluding carboxylic acids is 1. The lowest BCUT2D eigenvalue weighted by Gasteiger charge is -2.14. The van der Waals surface area contributed by atoms with Gasteiger partial charge in [-0.1, -0.05) is 36.8 Å². The largest absolute Gasteiger partial charge is 0.469 e. The molecule has 5 heteroatoms. The second kappa shape index (κ2) is 9.82. The van der Waals surface area contributed by atoms with E-state index in [1.165, 1.54) is 18.2 Å². The Morgan fingerprint density at radius 1 is 1.36 bits per heavy atom. The van der Waals surface area contributed by atoms with Gasteiger partial charge in [0.15, 0.2) is 5.96 Å². The van der Waals surface area contributed by atoms with Crippen molar-refractivity contribution in [1.82, 2.24) is 10.6 Å². The number of nitrogens with zero attached hydrogens (tertiary/aromatic N) is 1. The van der Waals surface area contributed by atoms with Crippen LogP contribution in [0.25, 0.3) is 0 Å². The number of guanidine groups is 1. The fourth-order valence-corrected chi connectivity index (χ4v) is 2.04. The van der Waals surface area contributed by atoms with Crippen LogP contribution >= 0.6 is 0 Å². The lowest BCUT2D eigenvalue weighted by molar-refractivity contribution is -0.140. The number of hydrogen-bond acceptors (Lipinski definition) is 3. The molecule has 0 saturated carbocycles. The second-order valence-electron chi connectivity index (χ2n) is 5.29. The average molecular weight is 305 g/mol. The highest BCUT2D eigenvalue weighted by Gasteiger charge is 2.06. The topological polar surface area (TPSA) is 62.7 Å². The third-order valence-corrected chi connectivity index (χ3v) is 3.33. The van der Waals surface area contributed by atoms with Gasteiger partial charge in [-0.05, 0) is 19.4 Å². The zero-order valence-corrected chi connectivity index (χ0v) is 14.0. The number of esters is 1. The standard InChI is InChI=1S/C17H27N3O2/c1-5-18-17(19-10-9-16(21)22-4)20-12-14(3)15-8-6-7-13(2)11-15/h6-8,11,14H,5,9-10,12H2,1-4H3,(H2,18,19,20). The van der Waals surface area contributed by atoms with E-state index in [0.29, 0.717) is 25.4 Å². The van der Waals surface area contributed by atoms with Crippen molar-refractivity contribution in [2.24, 2.45) is 4.99 Å². The molecule has 1 aromatic carbocycles. The first-order valence-electron chi connectivity index (χ1n) is 7.72.